The van der Waals surface area contributed by atoms with Crippen molar-refractivity contribution in [3.05, 3.63) is 53.6 Å². The SMILES string of the molecule is CCN(CC)S(=O)(=O)c1cccc(C(=O)NN=C(C)c2ccc3c(c2)OCO3)c1. The van der Waals surface area contributed by atoms with Crippen molar-refractivity contribution in [3.63, 3.8) is 0 Å². The maximum absolute atomic E-state index is 12.7. The molecule has 0 aromatic heterocycles. The molecule has 2 aromatic carbocycles. The first-order valence-electron chi connectivity index (χ1n) is 9.21. The van der Waals surface area contributed by atoms with E-state index in [1.807, 2.05) is 6.07 Å². The third-order valence-corrected chi connectivity index (χ3v) is 6.60. The minimum Gasteiger partial charge on any atom is -0.454 e. The van der Waals surface area contributed by atoms with Crippen molar-refractivity contribution in [2.24, 2.45) is 5.10 Å². The molecule has 3 rings (SSSR count). The first-order valence-corrected chi connectivity index (χ1v) is 10.7. The van der Waals surface area contributed by atoms with Gasteiger partial charge in [-0.25, -0.2) is 13.8 Å². The van der Waals surface area contributed by atoms with Gasteiger partial charge < -0.3 is 9.47 Å². The van der Waals surface area contributed by atoms with Crippen LogP contribution >= 0.6 is 0 Å². The van der Waals surface area contributed by atoms with Gasteiger partial charge in [0, 0.05) is 24.2 Å². The summed E-state index contributed by atoms with van der Waals surface area (Å²) in [5.41, 5.74) is 4.02. The van der Waals surface area contributed by atoms with Crippen LogP contribution in [0, 0.1) is 0 Å². The highest BCUT2D eigenvalue weighted by Gasteiger charge is 2.22. The molecule has 0 saturated carbocycles. The molecule has 0 unspecified atom stereocenters. The van der Waals surface area contributed by atoms with E-state index in [1.54, 1.807) is 45.0 Å². The molecular formula is C20H23N3O5S. The number of nitrogens with one attached hydrogen (secondary N) is 1. The largest absolute Gasteiger partial charge is 0.454 e. The zero-order valence-corrected chi connectivity index (χ0v) is 17.3. The predicted molar refractivity (Wildman–Crippen MR) is 109 cm³/mol. The number of hydrogen-bond acceptors (Lipinski definition) is 6. The molecule has 1 aliphatic rings. The van der Waals surface area contributed by atoms with E-state index in [0.29, 0.717) is 30.3 Å². The Morgan fingerprint density at radius 2 is 1.79 bits per heavy atom. The van der Waals surface area contributed by atoms with Gasteiger partial charge in [-0.15, -0.1) is 0 Å². The van der Waals surface area contributed by atoms with Gasteiger partial charge in [-0.05, 0) is 43.3 Å². The quantitative estimate of drug-likeness (QED) is 0.552. The summed E-state index contributed by atoms with van der Waals surface area (Å²) in [7, 11) is -3.65. The van der Waals surface area contributed by atoms with E-state index in [-0.39, 0.29) is 17.3 Å². The van der Waals surface area contributed by atoms with Crippen molar-refractivity contribution in [1.82, 2.24) is 9.73 Å². The summed E-state index contributed by atoms with van der Waals surface area (Å²) >= 11 is 0. The fourth-order valence-electron chi connectivity index (χ4n) is 2.90. The molecule has 8 nitrogen and oxygen atoms in total. The van der Waals surface area contributed by atoms with E-state index in [2.05, 4.69) is 10.5 Å². The van der Waals surface area contributed by atoms with Crippen molar-refractivity contribution < 1.29 is 22.7 Å². The second-order valence-corrected chi connectivity index (χ2v) is 8.26. The topological polar surface area (TPSA) is 97.3 Å². The molecule has 0 radical (unpaired) electrons. The van der Waals surface area contributed by atoms with Crippen LogP contribution in [0.4, 0.5) is 0 Å². The van der Waals surface area contributed by atoms with E-state index >= 15 is 0 Å². The Hall–Kier alpha value is -2.91. The molecule has 2 aromatic rings. The molecule has 0 aliphatic carbocycles. The summed E-state index contributed by atoms with van der Waals surface area (Å²) in [6, 6.07) is 11.3. The summed E-state index contributed by atoms with van der Waals surface area (Å²) in [6.45, 7) is 6.18. The number of hydrogen-bond donors (Lipinski definition) is 1. The third-order valence-electron chi connectivity index (χ3n) is 4.55. The molecule has 1 heterocycles. The number of sulfonamides is 1. The average Bonchev–Trinajstić information content (AvgIpc) is 3.20. The number of rotatable bonds is 7. The number of nitrogens with zero attached hydrogens (tertiary/aromatic N) is 2. The standard InChI is InChI=1S/C20H23N3O5S/c1-4-23(5-2)29(25,26)17-8-6-7-16(11-17)20(24)22-21-14(3)15-9-10-18-19(12-15)28-13-27-18/h6-12H,4-5,13H2,1-3H3,(H,22,24). The van der Waals surface area contributed by atoms with Gasteiger partial charge in [-0.3, -0.25) is 4.79 Å². The van der Waals surface area contributed by atoms with Crippen LogP contribution in [0.3, 0.4) is 0 Å². The van der Waals surface area contributed by atoms with Crippen LogP contribution in [-0.4, -0.2) is 44.2 Å². The number of hydrazone groups is 1. The zero-order valence-electron chi connectivity index (χ0n) is 16.5. The van der Waals surface area contributed by atoms with E-state index in [0.717, 1.165) is 5.56 Å². The van der Waals surface area contributed by atoms with Crippen LogP contribution < -0.4 is 14.9 Å². The lowest BCUT2D eigenvalue weighted by Gasteiger charge is -2.18. The number of ether oxygens (including phenoxy) is 2. The monoisotopic (exact) mass is 417 g/mol. The van der Waals surface area contributed by atoms with Crippen LogP contribution in [-0.2, 0) is 10.0 Å². The van der Waals surface area contributed by atoms with Crippen molar-refractivity contribution >= 4 is 21.6 Å². The Morgan fingerprint density at radius 3 is 2.52 bits per heavy atom. The number of carbonyl (C=O) groups excluding carboxylic acids is 1. The first-order chi connectivity index (χ1) is 13.9. The van der Waals surface area contributed by atoms with Gasteiger partial charge in [0.05, 0.1) is 10.6 Å². The molecular weight excluding hydrogens is 394 g/mol. The van der Waals surface area contributed by atoms with Crippen molar-refractivity contribution in [2.75, 3.05) is 19.9 Å². The smallest absolute Gasteiger partial charge is 0.271 e. The molecule has 0 spiro atoms. The molecule has 0 atom stereocenters. The van der Waals surface area contributed by atoms with Gasteiger partial charge in [0.2, 0.25) is 16.8 Å². The van der Waals surface area contributed by atoms with Gasteiger partial charge >= 0.3 is 0 Å². The summed E-state index contributed by atoms with van der Waals surface area (Å²) in [4.78, 5) is 12.6. The fourth-order valence-corrected chi connectivity index (χ4v) is 4.40. The first kappa shape index (κ1) is 20.8. The third kappa shape index (κ3) is 4.41. The highest BCUT2D eigenvalue weighted by atomic mass is 32.2. The van der Waals surface area contributed by atoms with E-state index in [1.165, 1.54) is 16.4 Å². The summed E-state index contributed by atoms with van der Waals surface area (Å²) < 4.78 is 37.3. The fraction of sp³-hybridized carbons (Fsp3) is 0.300. The van der Waals surface area contributed by atoms with Gasteiger partial charge in [-0.1, -0.05) is 19.9 Å². The lowest BCUT2D eigenvalue weighted by atomic mass is 10.1. The van der Waals surface area contributed by atoms with Crippen molar-refractivity contribution in [1.29, 1.82) is 0 Å². The highest BCUT2D eigenvalue weighted by molar-refractivity contribution is 7.89. The summed E-state index contributed by atoms with van der Waals surface area (Å²) in [5.74, 6) is 0.788. The molecule has 29 heavy (non-hydrogen) atoms. The molecule has 1 amide bonds. The van der Waals surface area contributed by atoms with Gasteiger partial charge in [-0.2, -0.15) is 9.41 Å². The summed E-state index contributed by atoms with van der Waals surface area (Å²) in [5, 5.41) is 4.12. The van der Waals surface area contributed by atoms with Crippen molar-refractivity contribution in [2.45, 2.75) is 25.7 Å². The molecule has 1 aliphatic heterocycles. The second-order valence-electron chi connectivity index (χ2n) is 6.32. The zero-order chi connectivity index (χ0) is 21.0. The van der Waals surface area contributed by atoms with Crippen LogP contribution in [0.2, 0.25) is 0 Å². The number of amides is 1. The lowest BCUT2D eigenvalue weighted by Crippen LogP contribution is -2.30. The van der Waals surface area contributed by atoms with Crippen LogP contribution in [0.1, 0.15) is 36.7 Å². The normalized spacial score (nSPS) is 13.6. The molecule has 1 N–H and O–H groups in total. The number of carbonyl (C=O) groups is 1. The minimum absolute atomic E-state index is 0.0744. The van der Waals surface area contributed by atoms with Gasteiger partial charge in [0.15, 0.2) is 11.5 Å². The Morgan fingerprint density at radius 1 is 1.07 bits per heavy atom. The summed E-state index contributed by atoms with van der Waals surface area (Å²) in [6.07, 6.45) is 0. The molecule has 0 saturated heterocycles. The highest BCUT2D eigenvalue weighted by Crippen LogP contribution is 2.32. The Labute approximate surface area is 170 Å². The van der Waals surface area contributed by atoms with Gasteiger partial charge in [0.25, 0.3) is 5.91 Å². The average molecular weight is 417 g/mol. The maximum atomic E-state index is 12.7. The maximum Gasteiger partial charge on any atom is 0.271 e. The van der Waals surface area contributed by atoms with E-state index < -0.39 is 15.9 Å². The van der Waals surface area contributed by atoms with Crippen LogP contribution in [0.15, 0.2) is 52.5 Å². The predicted octanol–water partition coefficient (Wildman–Crippen LogP) is 2.60. The van der Waals surface area contributed by atoms with Crippen LogP contribution in [0.25, 0.3) is 0 Å². The van der Waals surface area contributed by atoms with Crippen molar-refractivity contribution in [3.8, 4) is 11.5 Å². The molecule has 0 fully saturated rings. The lowest BCUT2D eigenvalue weighted by molar-refractivity contribution is 0.0954. The van der Waals surface area contributed by atoms with E-state index in [9.17, 15) is 13.2 Å². The number of fused-ring (bicyclic) bond motifs is 1. The molecule has 154 valence electrons. The Bertz CT molecular complexity index is 1050. The Kier molecular flexibility index (Phi) is 6.19. The minimum atomic E-state index is -3.65. The number of benzene rings is 2. The van der Waals surface area contributed by atoms with Crippen LogP contribution in [0.5, 0.6) is 11.5 Å². The molecule has 0 bridgehead atoms. The van der Waals surface area contributed by atoms with Gasteiger partial charge in [0.1, 0.15) is 0 Å². The van der Waals surface area contributed by atoms with E-state index in [4.69, 9.17) is 9.47 Å². The molecule has 9 heteroatoms. The Balaban J connectivity index is 1.76. The second kappa shape index (κ2) is 8.62.